The first kappa shape index (κ1) is 13.2. The van der Waals surface area contributed by atoms with Gasteiger partial charge in [-0.25, -0.2) is 0 Å². The zero-order valence-electron chi connectivity index (χ0n) is 8.91. The normalized spacial score (nSPS) is 10.5. The minimum atomic E-state index is -0.546. The highest BCUT2D eigenvalue weighted by atomic mass is 79.9. The lowest BCUT2D eigenvalue weighted by Gasteiger charge is -2.05. The highest BCUT2D eigenvalue weighted by Gasteiger charge is 2.15. The van der Waals surface area contributed by atoms with Gasteiger partial charge in [-0.15, -0.1) is 11.3 Å². The van der Waals surface area contributed by atoms with Gasteiger partial charge in [0.05, 0.1) is 15.9 Å². The van der Waals surface area contributed by atoms with E-state index in [1.54, 1.807) is 6.07 Å². The number of anilines is 1. The van der Waals surface area contributed by atoms with E-state index in [1.165, 1.54) is 17.8 Å². The van der Waals surface area contributed by atoms with Crippen LogP contribution in [0, 0.1) is 12.3 Å². The van der Waals surface area contributed by atoms with Crippen LogP contribution < -0.4 is 11.1 Å². The molecule has 0 unspecified atom stereocenters. The molecular formula is C10H12BrN2O2S. The lowest BCUT2D eigenvalue weighted by Crippen LogP contribution is -2.17. The van der Waals surface area contributed by atoms with E-state index in [4.69, 9.17) is 5.73 Å². The summed E-state index contributed by atoms with van der Waals surface area (Å²) in [7, 11) is 0. The molecular weight excluding hydrogens is 292 g/mol. The Kier molecular flexibility index (Phi) is 4.49. The number of primary amides is 1. The molecule has 0 aliphatic carbocycles. The minimum Gasteiger partial charge on any atom is -0.365 e. The number of halogens is 1. The first-order valence-electron chi connectivity index (χ1n) is 4.65. The van der Waals surface area contributed by atoms with Gasteiger partial charge in [0.15, 0.2) is 0 Å². The Morgan fingerprint density at radius 1 is 1.56 bits per heavy atom. The molecule has 0 bridgehead atoms. The summed E-state index contributed by atoms with van der Waals surface area (Å²) < 4.78 is 0.751. The predicted molar refractivity (Wildman–Crippen MR) is 68.3 cm³/mol. The summed E-state index contributed by atoms with van der Waals surface area (Å²) >= 11 is 4.44. The smallest absolute Gasteiger partial charge is 0.260 e. The van der Waals surface area contributed by atoms with Crippen molar-refractivity contribution in [1.82, 2.24) is 0 Å². The van der Waals surface area contributed by atoms with Crippen molar-refractivity contribution in [2.45, 2.75) is 13.8 Å². The second-order valence-electron chi connectivity index (χ2n) is 3.56. The number of nitrogens with two attached hydrogens (primary N) is 1. The molecule has 6 heteroatoms. The Bertz CT molecular complexity index is 415. The lowest BCUT2D eigenvalue weighted by atomic mass is 10.1. The zero-order valence-corrected chi connectivity index (χ0v) is 11.3. The average Bonchev–Trinajstić information content (AvgIpc) is 2.44. The molecule has 1 heterocycles. The van der Waals surface area contributed by atoms with E-state index in [-0.39, 0.29) is 11.8 Å². The van der Waals surface area contributed by atoms with E-state index in [9.17, 15) is 9.59 Å². The van der Waals surface area contributed by atoms with Crippen LogP contribution in [0.4, 0.5) is 5.69 Å². The zero-order chi connectivity index (χ0) is 12.3. The average molecular weight is 304 g/mol. The van der Waals surface area contributed by atoms with Crippen LogP contribution in [0.1, 0.15) is 23.5 Å². The number of hydrogen-bond donors (Lipinski definition) is 2. The molecule has 0 aromatic carbocycles. The summed E-state index contributed by atoms with van der Waals surface area (Å²) in [4.78, 5) is 22.9. The van der Waals surface area contributed by atoms with Crippen molar-refractivity contribution in [2.75, 3.05) is 5.32 Å². The van der Waals surface area contributed by atoms with E-state index in [2.05, 4.69) is 21.2 Å². The number of hydrogen-bond acceptors (Lipinski definition) is 3. The highest BCUT2D eigenvalue weighted by Crippen LogP contribution is 2.31. The first-order chi connectivity index (χ1) is 7.40. The SMILES string of the molecule is CC(C)[CH]C(=O)Nc1cc(Br)sc1C(N)=O. The number of rotatable bonds is 4. The van der Waals surface area contributed by atoms with Crippen LogP contribution in [0.2, 0.25) is 0 Å². The molecule has 2 amide bonds. The number of carbonyl (C=O) groups is 2. The van der Waals surface area contributed by atoms with E-state index >= 15 is 0 Å². The Labute approximate surface area is 106 Å². The van der Waals surface area contributed by atoms with Crippen LogP contribution in [-0.4, -0.2) is 11.8 Å². The van der Waals surface area contributed by atoms with Gasteiger partial charge in [0.1, 0.15) is 4.88 Å². The van der Waals surface area contributed by atoms with Crippen LogP contribution in [0.3, 0.4) is 0 Å². The minimum absolute atomic E-state index is 0.152. The largest absolute Gasteiger partial charge is 0.365 e. The Balaban J connectivity index is 2.80. The summed E-state index contributed by atoms with van der Waals surface area (Å²) in [6.45, 7) is 3.80. The fourth-order valence-electron chi connectivity index (χ4n) is 1.11. The standard InChI is InChI=1S/C10H12BrN2O2S/c1-5(2)3-8(14)13-6-4-7(11)16-9(6)10(12)15/h3-5H,1-2H3,(H2,12,15)(H,13,14). The van der Waals surface area contributed by atoms with Gasteiger partial charge in [0, 0.05) is 0 Å². The third kappa shape index (κ3) is 3.61. The van der Waals surface area contributed by atoms with Gasteiger partial charge in [-0.2, -0.15) is 0 Å². The highest BCUT2D eigenvalue weighted by molar-refractivity contribution is 9.11. The molecule has 16 heavy (non-hydrogen) atoms. The van der Waals surface area contributed by atoms with E-state index in [1.807, 2.05) is 13.8 Å². The van der Waals surface area contributed by atoms with Crippen molar-refractivity contribution >= 4 is 44.8 Å². The molecule has 3 N–H and O–H groups in total. The molecule has 1 radical (unpaired) electrons. The second-order valence-corrected chi connectivity index (χ2v) is 5.99. The number of amides is 2. The summed E-state index contributed by atoms with van der Waals surface area (Å²) in [5.41, 5.74) is 5.64. The molecule has 0 fully saturated rings. The molecule has 1 aromatic rings. The molecule has 0 aliphatic heterocycles. The maximum absolute atomic E-state index is 11.5. The van der Waals surface area contributed by atoms with E-state index < -0.39 is 5.91 Å². The van der Waals surface area contributed by atoms with Gasteiger partial charge in [0.25, 0.3) is 5.91 Å². The summed E-state index contributed by atoms with van der Waals surface area (Å²) in [6.07, 6.45) is 1.54. The van der Waals surface area contributed by atoms with Gasteiger partial charge >= 0.3 is 0 Å². The van der Waals surface area contributed by atoms with Gasteiger partial charge in [-0.05, 0) is 27.9 Å². The summed E-state index contributed by atoms with van der Waals surface area (Å²) in [5.74, 6) is -0.627. The third-order valence-corrected chi connectivity index (χ3v) is 3.32. The fraction of sp³-hybridized carbons (Fsp3) is 0.300. The van der Waals surface area contributed by atoms with Gasteiger partial charge < -0.3 is 11.1 Å². The van der Waals surface area contributed by atoms with Crippen LogP contribution in [0.5, 0.6) is 0 Å². The molecule has 4 nitrogen and oxygen atoms in total. The van der Waals surface area contributed by atoms with Crippen molar-refractivity contribution in [3.63, 3.8) is 0 Å². The van der Waals surface area contributed by atoms with Gasteiger partial charge in [-0.3, -0.25) is 9.59 Å². The molecule has 0 saturated carbocycles. The Morgan fingerprint density at radius 3 is 2.69 bits per heavy atom. The Hall–Kier alpha value is -0.880. The molecule has 0 atom stereocenters. The topological polar surface area (TPSA) is 72.2 Å². The van der Waals surface area contributed by atoms with Crippen LogP contribution in [0.15, 0.2) is 9.85 Å². The summed E-state index contributed by atoms with van der Waals surface area (Å²) in [6, 6.07) is 1.66. The molecule has 0 aliphatic rings. The molecule has 0 saturated heterocycles. The quantitative estimate of drug-likeness (QED) is 0.896. The van der Waals surface area contributed by atoms with Gasteiger partial charge in [-0.1, -0.05) is 13.8 Å². The van der Waals surface area contributed by atoms with Crippen molar-refractivity contribution in [3.05, 3.63) is 21.2 Å². The summed E-state index contributed by atoms with van der Waals surface area (Å²) in [5, 5.41) is 2.63. The van der Waals surface area contributed by atoms with E-state index in [0.717, 1.165) is 3.79 Å². The monoisotopic (exact) mass is 303 g/mol. The molecule has 1 aromatic heterocycles. The molecule has 87 valence electrons. The van der Waals surface area contributed by atoms with Crippen LogP contribution in [-0.2, 0) is 4.79 Å². The number of nitrogens with one attached hydrogen (secondary N) is 1. The predicted octanol–water partition coefficient (Wildman–Crippen LogP) is 2.41. The number of thiophene rings is 1. The van der Waals surface area contributed by atoms with Crippen molar-refractivity contribution in [1.29, 1.82) is 0 Å². The molecule has 0 spiro atoms. The third-order valence-electron chi connectivity index (χ3n) is 1.67. The van der Waals surface area contributed by atoms with Crippen molar-refractivity contribution in [3.8, 4) is 0 Å². The number of carbonyl (C=O) groups excluding carboxylic acids is 2. The lowest BCUT2D eigenvalue weighted by molar-refractivity contribution is -0.113. The maximum atomic E-state index is 11.5. The van der Waals surface area contributed by atoms with Crippen LogP contribution >= 0.6 is 27.3 Å². The molecule has 1 rings (SSSR count). The maximum Gasteiger partial charge on any atom is 0.260 e. The van der Waals surface area contributed by atoms with Crippen molar-refractivity contribution < 1.29 is 9.59 Å². The Morgan fingerprint density at radius 2 is 2.19 bits per heavy atom. The fourth-order valence-corrected chi connectivity index (χ4v) is 2.52. The van der Waals surface area contributed by atoms with Crippen molar-refractivity contribution in [2.24, 2.45) is 11.7 Å². The van der Waals surface area contributed by atoms with Crippen LogP contribution in [0.25, 0.3) is 0 Å². The second kappa shape index (κ2) is 5.45. The first-order valence-corrected chi connectivity index (χ1v) is 6.26. The van der Waals surface area contributed by atoms with E-state index in [0.29, 0.717) is 10.6 Å². The van der Waals surface area contributed by atoms with Gasteiger partial charge in [0.2, 0.25) is 5.91 Å².